The van der Waals surface area contributed by atoms with Crippen molar-refractivity contribution < 1.29 is 0 Å². The highest BCUT2D eigenvalue weighted by Crippen LogP contribution is 2.42. The molecule has 8 rings (SSSR count). The minimum absolute atomic E-state index is 0.576. The quantitative estimate of drug-likeness (QED) is 0.187. The van der Waals surface area contributed by atoms with E-state index in [0.717, 1.165) is 50.1 Å². The Hall–Kier alpha value is -6.70. The Balaban J connectivity index is 1.37. The highest BCUT2D eigenvalue weighted by Gasteiger charge is 2.20. The van der Waals surface area contributed by atoms with Gasteiger partial charge >= 0.3 is 0 Å². The minimum Gasteiger partial charge on any atom is -0.208 e. The summed E-state index contributed by atoms with van der Waals surface area (Å²) in [6, 6.07) is 59.9. The predicted octanol–water partition coefficient (Wildman–Crippen LogP) is 10.9. The molecule has 0 saturated carbocycles. The molecule has 1 heterocycles. The number of fused-ring (bicyclic) bond motifs is 1. The number of hydrogen-bond acceptors (Lipinski definition) is 4. The van der Waals surface area contributed by atoms with E-state index >= 15 is 0 Å². The first-order valence-electron chi connectivity index (χ1n) is 15.8. The number of hydrogen-bond donors (Lipinski definition) is 0. The van der Waals surface area contributed by atoms with Gasteiger partial charge in [0.1, 0.15) is 0 Å². The second kappa shape index (κ2) is 12.6. The molecule has 7 aromatic carbocycles. The van der Waals surface area contributed by atoms with E-state index in [-0.39, 0.29) is 0 Å². The lowest BCUT2D eigenvalue weighted by atomic mass is 9.88. The van der Waals surface area contributed by atoms with E-state index in [9.17, 15) is 5.26 Å². The summed E-state index contributed by atoms with van der Waals surface area (Å²) in [4.78, 5) is 15.3. The minimum atomic E-state index is 0.576. The zero-order valence-corrected chi connectivity index (χ0v) is 26.0. The second-order valence-corrected chi connectivity index (χ2v) is 11.6. The summed E-state index contributed by atoms with van der Waals surface area (Å²) in [6.07, 6.45) is 0. The smallest absolute Gasteiger partial charge is 0.164 e. The molecule has 0 fully saturated rings. The molecule has 0 atom stereocenters. The summed E-state index contributed by atoms with van der Waals surface area (Å²) in [5.74, 6) is 1.77. The third-order valence-corrected chi connectivity index (χ3v) is 8.56. The lowest BCUT2D eigenvalue weighted by Gasteiger charge is -2.17. The summed E-state index contributed by atoms with van der Waals surface area (Å²) in [5, 5.41) is 11.9. The van der Waals surface area contributed by atoms with Crippen LogP contribution in [0.5, 0.6) is 0 Å². The van der Waals surface area contributed by atoms with Crippen LogP contribution in [0.2, 0.25) is 0 Å². The predicted molar refractivity (Wildman–Crippen MR) is 195 cm³/mol. The average molecular weight is 613 g/mol. The van der Waals surface area contributed by atoms with Crippen LogP contribution in [0.4, 0.5) is 0 Å². The van der Waals surface area contributed by atoms with Crippen LogP contribution in [0, 0.1) is 11.3 Å². The van der Waals surface area contributed by atoms with Crippen LogP contribution in [0.15, 0.2) is 170 Å². The third-order valence-electron chi connectivity index (χ3n) is 8.56. The molecule has 224 valence electrons. The van der Waals surface area contributed by atoms with Crippen LogP contribution in [-0.4, -0.2) is 15.0 Å². The largest absolute Gasteiger partial charge is 0.208 e. The zero-order chi connectivity index (χ0) is 32.3. The van der Waals surface area contributed by atoms with Crippen LogP contribution in [-0.2, 0) is 0 Å². The van der Waals surface area contributed by atoms with E-state index in [1.54, 1.807) is 0 Å². The van der Waals surface area contributed by atoms with Gasteiger partial charge < -0.3 is 0 Å². The molecular formula is C44H28N4. The van der Waals surface area contributed by atoms with Crippen molar-refractivity contribution in [2.75, 3.05) is 0 Å². The molecule has 0 aliphatic heterocycles. The van der Waals surface area contributed by atoms with E-state index in [1.165, 1.54) is 10.8 Å². The van der Waals surface area contributed by atoms with Gasteiger partial charge in [0.15, 0.2) is 17.5 Å². The second-order valence-electron chi connectivity index (χ2n) is 11.6. The van der Waals surface area contributed by atoms with Crippen LogP contribution in [0.1, 0.15) is 5.56 Å². The van der Waals surface area contributed by atoms with Gasteiger partial charge in [0.25, 0.3) is 0 Å². The van der Waals surface area contributed by atoms with Crippen molar-refractivity contribution in [3.63, 3.8) is 0 Å². The van der Waals surface area contributed by atoms with Crippen molar-refractivity contribution >= 4 is 10.8 Å². The highest BCUT2D eigenvalue weighted by atomic mass is 15.0. The number of aromatic nitrogens is 3. The van der Waals surface area contributed by atoms with Gasteiger partial charge in [-0.2, -0.15) is 5.26 Å². The monoisotopic (exact) mass is 612 g/mol. The molecule has 0 radical (unpaired) electrons. The van der Waals surface area contributed by atoms with Crippen molar-refractivity contribution in [2.45, 2.75) is 0 Å². The molecule has 4 nitrogen and oxygen atoms in total. The van der Waals surface area contributed by atoms with Crippen LogP contribution in [0.25, 0.3) is 78.3 Å². The molecule has 0 bridgehead atoms. The lowest BCUT2D eigenvalue weighted by Crippen LogP contribution is -2.02. The highest BCUT2D eigenvalue weighted by molar-refractivity contribution is 6.03. The van der Waals surface area contributed by atoms with Gasteiger partial charge in [0.2, 0.25) is 0 Å². The molecule has 0 aliphatic carbocycles. The summed E-state index contributed by atoms with van der Waals surface area (Å²) in [7, 11) is 0. The Morgan fingerprint density at radius 2 is 0.896 bits per heavy atom. The van der Waals surface area contributed by atoms with E-state index in [4.69, 9.17) is 15.0 Å². The maximum absolute atomic E-state index is 9.49. The summed E-state index contributed by atoms with van der Waals surface area (Å²) in [5.41, 5.74) is 9.66. The maximum atomic E-state index is 9.49. The third kappa shape index (κ3) is 5.51. The molecule has 1 aromatic heterocycles. The molecule has 0 amide bonds. The first-order chi connectivity index (χ1) is 23.7. The SMILES string of the molecule is N#Cc1cccc(-c2cccc(-c3nc(-c4ccccc4)nc(-c4cccc(-c5cccc6ccccc56)c4-c4ccccc4)n3)c2)c1. The maximum Gasteiger partial charge on any atom is 0.164 e. The first-order valence-corrected chi connectivity index (χ1v) is 15.8. The summed E-state index contributed by atoms with van der Waals surface area (Å²) >= 11 is 0. The van der Waals surface area contributed by atoms with Gasteiger partial charge in [-0.05, 0) is 56.8 Å². The molecule has 0 unspecified atom stereocenters. The van der Waals surface area contributed by atoms with Gasteiger partial charge in [-0.3, -0.25) is 0 Å². The van der Waals surface area contributed by atoms with Crippen molar-refractivity contribution in [2.24, 2.45) is 0 Å². The normalized spacial score (nSPS) is 10.9. The van der Waals surface area contributed by atoms with E-state index < -0.39 is 0 Å². The Kier molecular flexibility index (Phi) is 7.54. The Morgan fingerprint density at radius 3 is 1.69 bits per heavy atom. The van der Waals surface area contributed by atoms with Crippen LogP contribution >= 0.6 is 0 Å². The molecule has 0 saturated heterocycles. The van der Waals surface area contributed by atoms with Gasteiger partial charge in [-0.1, -0.05) is 152 Å². The van der Waals surface area contributed by atoms with Crippen molar-refractivity contribution in [1.29, 1.82) is 5.26 Å². The van der Waals surface area contributed by atoms with Crippen LogP contribution in [0.3, 0.4) is 0 Å². The molecule has 8 aromatic rings. The molecule has 0 N–H and O–H groups in total. The number of nitriles is 1. The molecule has 0 spiro atoms. The van der Waals surface area contributed by atoms with Crippen molar-refractivity contribution in [1.82, 2.24) is 15.0 Å². The van der Waals surface area contributed by atoms with E-state index in [2.05, 4.69) is 97.1 Å². The number of rotatable bonds is 6. The average Bonchev–Trinajstić information content (AvgIpc) is 3.18. The van der Waals surface area contributed by atoms with Gasteiger partial charge in [0, 0.05) is 22.3 Å². The van der Waals surface area contributed by atoms with E-state index in [1.807, 2.05) is 78.9 Å². The molecule has 48 heavy (non-hydrogen) atoms. The summed E-state index contributed by atoms with van der Waals surface area (Å²) in [6.45, 7) is 0. The Bertz CT molecular complexity index is 2460. The van der Waals surface area contributed by atoms with Crippen molar-refractivity contribution in [3.05, 3.63) is 175 Å². The van der Waals surface area contributed by atoms with Gasteiger partial charge in [0.05, 0.1) is 11.6 Å². The topological polar surface area (TPSA) is 62.5 Å². The fourth-order valence-electron chi connectivity index (χ4n) is 6.29. The van der Waals surface area contributed by atoms with Crippen molar-refractivity contribution in [3.8, 4) is 73.6 Å². The fourth-order valence-corrected chi connectivity index (χ4v) is 6.29. The zero-order valence-electron chi connectivity index (χ0n) is 26.0. The fraction of sp³-hybridized carbons (Fsp3) is 0. The Labute approximate surface area is 279 Å². The van der Waals surface area contributed by atoms with Crippen LogP contribution < -0.4 is 0 Å². The lowest BCUT2D eigenvalue weighted by molar-refractivity contribution is 1.07. The molecule has 4 heteroatoms. The standard InChI is InChI=1S/C44H28N4/c45-29-30-13-9-20-34(27-30)35-21-10-22-36(28-35)43-46-42(33-17-5-2-6-18-33)47-44(48-43)40-26-12-25-39(41(40)32-15-3-1-4-16-32)38-24-11-19-31-14-7-8-23-37(31)38/h1-28H. The summed E-state index contributed by atoms with van der Waals surface area (Å²) < 4.78 is 0. The molecule has 0 aliphatic rings. The number of benzene rings is 7. The van der Waals surface area contributed by atoms with E-state index in [0.29, 0.717) is 23.0 Å². The molecular weight excluding hydrogens is 585 g/mol. The Morgan fingerprint density at radius 1 is 0.375 bits per heavy atom. The van der Waals surface area contributed by atoms with Gasteiger partial charge in [-0.25, -0.2) is 15.0 Å². The first kappa shape index (κ1) is 28.8. The number of nitrogens with zero attached hydrogens (tertiary/aromatic N) is 4. The van der Waals surface area contributed by atoms with Gasteiger partial charge in [-0.15, -0.1) is 0 Å².